The highest BCUT2D eigenvalue weighted by Crippen LogP contribution is 2.28. The molecule has 1 amide bonds. The van der Waals surface area contributed by atoms with E-state index < -0.39 is 24.2 Å². The van der Waals surface area contributed by atoms with Crippen molar-refractivity contribution in [2.75, 3.05) is 0 Å². The Morgan fingerprint density at radius 1 is 0.771 bits per heavy atom. The van der Waals surface area contributed by atoms with E-state index in [9.17, 15) is 27.9 Å². The number of hydrogen-bond donors (Lipinski definition) is 4. The zero-order valence-corrected chi connectivity index (χ0v) is 27.6. The van der Waals surface area contributed by atoms with Gasteiger partial charge in [0.25, 0.3) is 5.91 Å². The maximum absolute atomic E-state index is 13.9. The van der Waals surface area contributed by atoms with Crippen LogP contribution in [0.4, 0.5) is 13.2 Å². The summed E-state index contributed by atoms with van der Waals surface area (Å²) in [5.41, 5.74) is 10.2. The number of nitrogens with zero attached hydrogens (tertiary/aromatic N) is 4. The van der Waals surface area contributed by atoms with Gasteiger partial charge >= 0.3 is 18.1 Å². The first-order chi connectivity index (χ1) is 22.4. The molecular weight excluding hydrogens is 629 g/mol. The monoisotopic (exact) mass is 670 g/mol. The number of aromatic carboxylic acids is 1. The van der Waals surface area contributed by atoms with Gasteiger partial charge in [0.05, 0.1) is 12.1 Å². The molecule has 0 spiro atoms. The molecular formula is C34H41F3N6O5. The van der Waals surface area contributed by atoms with E-state index in [-0.39, 0.29) is 29.5 Å². The SMILES string of the molecule is Cc1c(C(=O)N[C@H](c2nc(C(=O)O)c(C)n2Cc2ccccc2)C(C)C)nc([C@@H](N)C(C)C)n1Cc1ccccc1.O=C(O)C(F)(F)F. The largest absolute Gasteiger partial charge is 0.490 e. The molecule has 0 fully saturated rings. The van der Waals surface area contributed by atoms with Gasteiger partial charge in [0.2, 0.25) is 0 Å². The summed E-state index contributed by atoms with van der Waals surface area (Å²) in [5, 5.41) is 20.1. The van der Waals surface area contributed by atoms with E-state index >= 15 is 0 Å². The van der Waals surface area contributed by atoms with Crippen molar-refractivity contribution in [2.45, 2.75) is 72.9 Å². The Balaban J connectivity index is 0.000000804. The van der Waals surface area contributed by atoms with Crippen LogP contribution in [0.1, 0.15) is 94.9 Å². The van der Waals surface area contributed by atoms with Crippen LogP contribution in [0.3, 0.4) is 0 Å². The Morgan fingerprint density at radius 2 is 1.19 bits per heavy atom. The van der Waals surface area contributed by atoms with Crippen LogP contribution in [0.2, 0.25) is 0 Å². The number of alkyl halides is 3. The fraction of sp³-hybridized carbons (Fsp3) is 0.382. The van der Waals surface area contributed by atoms with Crippen LogP contribution in [0.15, 0.2) is 60.7 Å². The smallest absolute Gasteiger partial charge is 0.476 e. The molecule has 2 heterocycles. The molecule has 5 N–H and O–H groups in total. The molecule has 0 aliphatic carbocycles. The van der Waals surface area contributed by atoms with E-state index in [0.717, 1.165) is 16.8 Å². The second-order valence-electron chi connectivity index (χ2n) is 12.0. The van der Waals surface area contributed by atoms with E-state index in [1.165, 1.54) is 0 Å². The first-order valence-corrected chi connectivity index (χ1v) is 15.3. The summed E-state index contributed by atoms with van der Waals surface area (Å²) in [7, 11) is 0. The molecule has 0 saturated carbocycles. The van der Waals surface area contributed by atoms with Gasteiger partial charge in [0.15, 0.2) is 5.69 Å². The second-order valence-corrected chi connectivity index (χ2v) is 12.0. The number of nitrogens with one attached hydrogen (secondary N) is 1. The molecule has 0 aliphatic rings. The van der Waals surface area contributed by atoms with Crippen molar-refractivity contribution < 1.29 is 37.8 Å². The molecule has 11 nitrogen and oxygen atoms in total. The lowest BCUT2D eigenvalue weighted by atomic mass is 10.0. The topological polar surface area (TPSA) is 165 Å². The Hall–Kier alpha value is -4.98. The third kappa shape index (κ3) is 9.09. The Morgan fingerprint density at radius 3 is 1.58 bits per heavy atom. The van der Waals surface area contributed by atoms with Crippen molar-refractivity contribution >= 4 is 17.8 Å². The number of amides is 1. The normalized spacial score (nSPS) is 12.8. The van der Waals surface area contributed by atoms with Crippen LogP contribution in [0, 0.1) is 25.7 Å². The summed E-state index contributed by atoms with van der Waals surface area (Å²) in [5.74, 6) is -3.03. The zero-order chi connectivity index (χ0) is 35.9. The average molecular weight is 671 g/mol. The number of aromatic nitrogens is 4. The molecule has 48 heavy (non-hydrogen) atoms. The number of halogens is 3. The lowest BCUT2D eigenvalue weighted by Gasteiger charge is -2.23. The summed E-state index contributed by atoms with van der Waals surface area (Å²) < 4.78 is 35.6. The number of carboxylic acid groups (broad SMARTS) is 2. The number of nitrogens with two attached hydrogens (primary N) is 1. The number of carbonyl (C=O) groups is 3. The number of imidazole rings is 2. The van der Waals surface area contributed by atoms with E-state index in [0.29, 0.717) is 36.1 Å². The summed E-state index contributed by atoms with van der Waals surface area (Å²) >= 11 is 0. The number of aliphatic carboxylic acids is 1. The van der Waals surface area contributed by atoms with Gasteiger partial charge in [0.1, 0.15) is 17.3 Å². The van der Waals surface area contributed by atoms with Crippen molar-refractivity contribution in [1.29, 1.82) is 0 Å². The minimum absolute atomic E-state index is 0.0238. The van der Waals surface area contributed by atoms with Gasteiger partial charge in [-0.2, -0.15) is 13.2 Å². The molecule has 2 atom stereocenters. The summed E-state index contributed by atoms with van der Waals surface area (Å²) in [6, 6.07) is 18.9. The molecule has 0 saturated heterocycles. The highest BCUT2D eigenvalue weighted by atomic mass is 19.4. The highest BCUT2D eigenvalue weighted by Gasteiger charge is 2.38. The highest BCUT2D eigenvalue weighted by molar-refractivity contribution is 5.94. The van der Waals surface area contributed by atoms with E-state index in [4.69, 9.17) is 20.6 Å². The molecule has 0 aliphatic heterocycles. The van der Waals surface area contributed by atoms with E-state index in [2.05, 4.69) is 10.3 Å². The van der Waals surface area contributed by atoms with Crippen LogP contribution < -0.4 is 11.1 Å². The van der Waals surface area contributed by atoms with Crippen LogP contribution in [-0.4, -0.2) is 53.3 Å². The van der Waals surface area contributed by atoms with Gasteiger partial charge in [-0.15, -0.1) is 0 Å². The maximum Gasteiger partial charge on any atom is 0.490 e. The van der Waals surface area contributed by atoms with Crippen LogP contribution in [0.25, 0.3) is 0 Å². The molecule has 258 valence electrons. The number of hydrogen-bond acceptors (Lipinski definition) is 6. The molecule has 2 aromatic carbocycles. The van der Waals surface area contributed by atoms with Crippen LogP contribution >= 0.6 is 0 Å². The van der Waals surface area contributed by atoms with Crippen LogP contribution in [0.5, 0.6) is 0 Å². The van der Waals surface area contributed by atoms with E-state index in [1.54, 1.807) is 6.92 Å². The van der Waals surface area contributed by atoms with Crippen molar-refractivity contribution in [2.24, 2.45) is 17.6 Å². The molecule has 0 radical (unpaired) electrons. The van der Waals surface area contributed by atoms with Crippen molar-refractivity contribution in [1.82, 2.24) is 24.4 Å². The Bertz CT molecular complexity index is 1720. The first kappa shape index (κ1) is 37.5. The summed E-state index contributed by atoms with van der Waals surface area (Å²) in [6.07, 6.45) is -5.08. The van der Waals surface area contributed by atoms with E-state index in [1.807, 2.05) is 104 Å². The van der Waals surface area contributed by atoms with Gasteiger partial charge in [-0.1, -0.05) is 88.4 Å². The fourth-order valence-electron chi connectivity index (χ4n) is 4.99. The predicted molar refractivity (Wildman–Crippen MR) is 172 cm³/mol. The summed E-state index contributed by atoms with van der Waals surface area (Å²) in [4.78, 5) is 44.1. The van der Waals surface area contributed by atoms with Crippen molar-refractivity contribution in [3.05, 3.63) is 106 Å². The zero-order valence-electron chi connectivity index (χ0n) is 27.6. The number of carboxylic acids is 2. The Labute approximate surface area is 276 Å². The molecule has 4 rings (SSSR count). The van der Waals surface area contributed by atoms with Crippen molar-refractivity contribution in [3.8, 4) is 0 Å². The maximum atomic E-state index is 13.9. The lowest BCUT2D eigenvalue weighted by molar-refractivity contribution is -0.192. The third-order valence-corrected chi connectivity index (χ3v) is 7.78. The lowest BCUT2D eigenvalue weighted by Crippen LogP contribution is -2.34. The van der Waals surface area contributed by atoms with Crippen LogP contribution in [-0.2, 0) is 17.9 Å². The Kier molecular flexibility index (Phi) is 12.3. The number of carbonyl (C=O) groups excluding carboxylic acids is 1. The molecule has 14 heteroatoms. The third-order valence-electron chi connectivity index (χ3n) is 7.78. The second kappa shape index (κ2) is 15.7. The van der Waals surface area contributed by atoms with Gasteiger partial charge in [0, 0.05) is 24.5 Å². The number of benzene rings is 2. The van der Waals surface area contributed by atoms with Gasteiger partial charge in [-0.25, -0.2) is 19.6 Å². The minimum atomic E-state index is -5.08. The fourth-order valence-corrected chi connectivity index (χ4v) is 4.99. The van der Waals surface area contributed by atoms with Crippen molar-refractivity contribution in [3.63, 3.8) is 0 Å². The molecule has 2 aromatic heterocycles. The molecule has 0 bridgehead atoms. The van der Waals surface area contributed by atoms with Gasteiger partial charge in [-0.3, -0.25) is 4.79 Å². The standard InChI is InChI=1S/C32H40N6O3.C2HF3O2/c1-19(2)25(33)29-34-27(21(5)37(29)17-23-13-9-7-10-14-23)31(39)36-26(20(3)4)30-35-28(32(40)41)22(6)38(30)18-24-15-11-8-12-16-24;3-2(4,5)1(6)7/h7-16,19-20,25-26H,17-18,33H2,1-6H3,(H,36,39)(H,40,41);(H,6,7)/t25-,26-;/m0./s1. The van der Waals surface area contributed by atoms with Gasteiger partial charge in [-0.05, 0) is 36.8 Å². The van der Waals surface area contributed by atoms with Gasteiger partial charge < -0.3 is 30.4 Å². The first-order valence-electron chi connectivity index (χ1n) is 15.3. The predicted octanol–water partition coefficient (Wildman–Crippen LogP) is 5.91. The molecule has 4 aromatic rings. The quantitative estimate of drug-likeness (QED) is 0.153. The number of rotatable bonds is 11. The minimum Gasteiger partial charge on any atom is -0.476 e. The summed E-state index contributed by atoms with van der Waals surface area (Å²) in [6.45, 7) is 12.6. The molecule has 0 unspecified atom stereocenters. The average Bonchev–Trinajstić information content (AvgIpc) is 3.52.